The van der Waals surface area contributed by atoms with Crippen LogP contribution in [0.5, 0.6) is 0 Å². The maximum Gasteiger partial charge on any atom is 0.251 e. The quantitative estimate of drug-likeness (QED) is 0.510. The molecule has 3 aromatic rings. The molecule has 0 radical (unpaired) electrons. The summed E-state index contributed by atoms with van der Waals surface area (Å²) in [6.07, 6.45) is 4.55. The van der Waals surface area contributed by atoms with Gasteiger partial charge in [-0.2, -0.15) is 0 Å². The molecule has 31 heavy (non-hydrogen) atoms. The zero-order valence-corrected chi connectivity index (χ0v) is 17.6. The molecule has 162 valence electrons. The maximum atomic E-state index is 12.5. The summed E-state index contributed by atoms with van der Waals surface area (Å²) in [4.78, 5) is 33.6. The molecule has 3 heterocycles. The number of carbonyl (C=O) groups excluding carboxylic acids is 2. The largest absolute Gasteiger partial charge is 0.379 e. The zero-order chi connectivity index (χ0) is 21.6. The van der Waals surface area contributed by atoms with Crippen molar-refractivity contribution in [2.24, 2.45) is 0 Å². The summed E-state index contributed by atoms with van der Waals surface area (Å²) in [5.41, 5.74) is 3.45. The van der Waals surface area contributed by atoms with Crippen molar-refractivity contribution in [1.82, 2.24) is 20.2 Å². The fourth-order valence-corrected chi connectivity index (χ4v) is 3.75. The van der Waals surface area contributed by atoms with Crippen molar-refractivity contribution in [1.29, 1.82) is 0 Å². The molecule has 0 aliphatic carbocycles. The number of nitrogens with one attached hydrogen (secondary N) is 3. The van der Waals surface area contributed by atoms with E-state index in [9.17, 15) is 9.59 Å². The Morgan fingerprint density at radius 2 is 2.03 bits per heavy atom. The second-order valence-electron chi connectivity index (χ2n) is 7.64. The van der Waals surface area contributed by atoms with E-state index in [1.807, 2.05) is 30.5 Å². The Balaban J connectivity index is 1.37. The maximum absolute atomic E-state index is 12.5. The number of carbonyl (C=O) groups is 2. The van der Waals surface area contributed by atoms with Crippen LogP contribution < -0.4 is 10.6 Å². The van der Waals surface area contributed by atoms with Crippen LogP contribution in [0.15, 0.2) is 42.7 Å². The molecule has 0 unspecified atom stereocenters. The molecule has 1 aliphatic heterocycles. The summed E-state index contributed by atoms with van der Waals surface area (Å²) >= 11 is 0. The van der Waals surface area contributed by atoms with Crippen molar-refractivity contribution in [3.63, 3.8) is 0 Å². The lowest BCUT2D eigenvalue weighted by Crippen LogP contribution is -2.38. The number of morpholine rings is 1. The minimum atomic E-state index is -0.153. The van der Waals surface area contributed by atoms with Gasteiger partial charge in [0.1, 0.15) is 5.82 Å². The van der Waals surface area contributed by atoms with E-state index >= 15 is 0 Å². The number of aromatic amines is 1. The van der Waals surface area contributed by atoms with Gasteiger partial charge in [-0.1, -0.05) is 6.07 Å². The molecule has 1 aromatic carbocycles. The molecule has 4 rings (SSSR count). The molecule has 1 fully saturated rings. The van der Waals surface area contributed by atoms with E-state index in [4.69, 9.17) is 4.74 Å². The number of ether oxygens (including phenoxy) is 1. The molecule has 8 heteroatoms. The Labute approximate surface area is 181 Å². The molecule has 1 aliphatic rings. The molecule has 0 saturated carbocycles. The van der Waals surface area contributed by atoms with Crippen molar-refractivity contribution in [3.8, 4) is 11.1 Å². The van der Waals surface area contributed by atoms with Gasteiger partial charge in [0.15, 0.2) is 0 Å². The van der Waals surface area contributed by atoms with Crippen molar-refractivity contribution in [2.75, 3.05) is 44.7 Å². The number of nitrogens with zero attached hydrogens (tertiary/aromatic N) is 2. The first kappa shape index (κ1) is 21.0. The third-order valence-electron chi connectivity index (χ3n) is 5.36. The van der Waals surface area contributed by atoms with Crippen LogP contribution >= 0.6 is 0 Å². The molecule has 8 nitrogen and oxygen atoms in total. The van der Waals surface area contributed by atoms with E-state index in [0.717, 1.165) is 61.3 Å². The first-order valence-electron chi connectivity index (χ1n) is 10.5. The highest BCUT2D eigenvalue weighted by molar-refractivity contribution is 6.02. The fourth-order valence-electron chi connectivity index (χ4n) is 3.75. The van der Waals surface area contributed by atoms with Gasteiger partial charge in [-0.05, 0) is 37.2 Å². The first-order valence-corrected chi connectivity index (χ1v) is 10.5. The van der Waals surface area contributed by atoms with Crippen molar-refractivity contribution < 1.29 is 14.3 Å². The second kappa shape index (κ2) is 9.72. The number of benzene rings is 1. The lowest BCUT2D eigenvalue weighted by atomic mass is 10.0. The van der Waals surface area contributed by atoms with Crippen LogP contribution in [0.25, 0.3) is 22.0 Å². The van der Waals surface area contributed by atoms with Crippen LogP contribution in [0.4, 0.5) is 5.82 Å². The number of hydrogen-bond acceptors (Lipinski definition) is 5. The monoisotopic (exact) mass is 421 g/mol. The zero-order valence-electron chi connectivity index (χ0n) is 17.6. The molecule has 3 N–H and O–H groups in total. The van der Waals surface area contributed by atoms with Crippen molar-refractivity contribution >= 4 is 28.5 Å². The van der Waals surface area contributed by atoms with Crippen LogP contribution in [0.2, 0.25) is 0 Å². The van der Waals surface area contributed by atoms with Gasteiger partial charge in [-0.3, -0.25) is 14.5 Å². The van der Waals surface area contributed by atoms with Crippen LogP contribution in [0, 0.1) is 0 Å². The Kier molecular flexibility index (Phi) is 6.59. The fraction of sp³-hybridized carbons (Fsp3) is 0.348. The van der Waals surface area contributed by atoms with Crippen molar-refractivity contribution in [3.05, 3.63) is 48.3 Å². The number of amides is 2. The van der Waals surface area contributed by atoms with Gasteiger partial charge in [0, 0.05) is 66.5 Å². The number of fused-ring (bicyclic) bond motifs is 1. The van der Waals surface area contributed by atoms with Gasteiger partial charge < -0.3 is 20.4 Å². The Hall–Kier alpha value is -3.23. The number of H-pyrrole nitrogens is 1. The SMILES string of the molecule is CC(=O)Nc1ccc(-c2c[nH]c3cc(C(=O)NCCCN4CCOCC4)ccc23)cn1. The lowest BCUT2D eigenvalue weighted by molar-refractivity contribution is -0.114. The topological polar surface area (TPSA) is 99.3 Å². The molecule has 0 spiro atoms. The van der Waals surface area contributed by atoms with Gasteiger partial charge in [0.05, 0.1) is 13.2 Å². The van der Waals surface area contributed by atoms with Gasteiger partial charge in [-0.15, -0.1) is 0 Å². The third kappa shape index (κ3) is 5.28. The van der Waals surface area contributed by atoms with Crippen molar-refractivity contribution in [2.45, 2.75) is 13.3 Å². The molecule has 2 aromatic heterocycles. The standard InChI is InChI=1S/C23H27N5O3/c1-16(29)27-22-6-4-18(14-26-22)20-15-25-21-13-17(3-5-19(20)21)23(30)24-7-2-8-28-9-11-31-12-10-28/h3-6,13-15,25H,2,7-12H2,1H3,(H,24,30)(H,26,27,29). The lowest BCUT2D eigenvalue weighted by Gasteiger charge is -2.26. The Bertz CT molecular complexity index is 1050. The van der Waals surface area contributed by atoms with Gasteiger partial charge in [0.2, 0.25) is 5.91 Å². The number of aromatic nitrogens is 2. The highest BCUT2D eigenvalue weighted by Gasteiger charge is 2.12. The summed E-state index contributed by atoms with van der Waals surface area (Å²) < 4.78 is 5.35. The number of anilines is 1. The highest BCUT2D eigenvalue weighted by atomic mass is 16.5. The van der Waals surface area contributed by atoms with Crippen LogP contribution in [-0.4, -0.2) is 66.1 Å². The average molecular weight is 422 g/mol. The molecule has 1 saturated heterocycles. The van der Waals surface area contributed by atoms with Gasteiger partial charge in [0.25, 0.3) is 5.91 Å². The van der Waals surface area contributed by atoms with Crippen LogP contribution in [0.1, 0.15) is 23.7 Å². The molecular weight excluding hydrogens is 394 g/mol. The summed E-state index contributed by atoms with van der Waals surface area (Å²) in [5, 5.41) is 6.68. The number of rotatable bonds is 7. The Morgan fingerprint density at radius 3 is 2.77 bits per heavy atom. The van der Waals surface area contributed by atoms with E-state index in [0.29, 0.717) is 17.9 Å². The van der Waals surface area contributed by atoms with E-state index in [1.54, 1.807) is 12.3 Å². The molecule has 0 bridgehead atoms. The van der Waals surface area contributed by atoms with E-state index in [1.165, 1.54) is 6.92 Å². The predicted octanol–water partition coefficient (Wildman–Crippen LogP) is 2.64. The first-order chi connectivity index (χ1) is 15.1. The second-order valence-corrected chi connectivity index (χ2v) is 7.64. The Morgan fingerprint density at radius 1 is 1.19 bits per heavy atom. The number of pyridine rings is 1. The average Bonchev–Trinajstić information content (AvgIpc) is 3.21. The number of hydrogen-bond donors (Lipinski definition) is 3. The summed E-state index contributed by atoms with van der Waals surface area (Å²) in [6, 6.07) is 9.35. The highest BCUT2D eigenvalue weighted by Crippen LogP contribution is 2.29. The molecular formula is C23H27N5O3. The summed E-state index contributed by atoms with van der Waals surface area (Å²) in [6.45, 7) is 6.58. The smallest absolute Gasteiger partial charge is 0.251 e. The van der Waals surface area contributed by atoms with E-state index in [2.05, 4.69) is 25.5 Å². The summed E-state index contributed by atoms with van der Waals surface area (Å²) in [7, 11) is 0. The third-order valence-corrected chi connectivity index (χ3v) is 5.36. The molecule has 2 amide bonds. The van der Waals surface area contributed by atoms with Crippen LogP contribution in [-0.2, 0) is 9.53 Å². The predicted molar refractivity (Wildman–Crippen MR) is 120 cm³/mol. The minimum Gasteiger partial charge on any atom is -0.379 e. The van der Waals surface area contributed by atoms with Crippen LogP contribution in [0.3, 0.4) is 0 Å². The van der Waals surface area contributed by atoms with Gasteiger partial charge in [-0.25, -0.2) is 4.98 Å². The molecule has 0 atom stereocenters. The van der Waals surface area contributed by atoms with E-state index < -0.39 is 0 Å². The normalized spacial score (nSPS) is 14.5. The summed E-state index contributed by atoms with van der Waals surface area (Å²) in [5.74, 6) is 0.296. The van der Waals surface area contributed by atoms with Gasteiger partial charge >= 0.3 is 0 Å². The van der Waals surface area contributed by atoms with E-state index in [-0.39, 0.29) is 11.8 Å². The minimum absolute atomic E-state index is 0.0682.